The maximum atomic E-state index is 10.7. The van der Waals surface area contributed by atoms with E-state index in [0.717, 1.165) is 0 Å². The van der Waals surface area contributed by atoms with Crippen LogP contribution in [-0.2, 0) is 36.4 Å². The molecule has 0 heterocycles. The summed E-state index contributed by atoms with van der Waals surface area (Å²) in [4.78, 5) is 0. The molecule has 0 saturated carbocycles. The second-order valence-corrected chi connectivity index (χ2v) is 15.5. The van der Waals surface area contributed by atoms with Crippen LogP contribution in [0.5, 0.6) is 0 Å². The summed E-state index contributed by atoms with van der Waals surface area (Å²) in [6, 6.07) is 66.5. The Morgan fingerprint density at radius 3 is 0.750 bits per heavy atom. The molecule has 0 bridgehead atoms. The topological polar surface area (TPSA) is 80.9 Å². The molecule has 0 saturated heterocycles. The molecule has 6 rings (SSSR count). The summed E-state index contributed by atoms with van der Waals surface area (Å²) in [7, 11) is 7.11. The van der Waals surface area contributed by atoms with Gasteiger partial charge < -0.3 is 20.4 Å². The summed E-state index contributed by atoms with van der Waals surface area (Å²) in [5.74, 6) is 0. The Morgan fingerprint density at radius 1 is 0.393 bits per heavy atom. The minimum atomic E-state index is -4.89. The molecule has 6 aromatic rings. The zero-order valence-corrected chi connectivity index (χ0v) is 35.4. The summed E-state index contributed by atoms with van der Waals surface area (Å²) in [5, 5.41) is 37.5. The second kappa shape index (κ2) is 28.8. The molecule has 6 aromatic carbocycles. The van der Waals surface area contributed by atoms with Crippen molar-refractivity contribution in [3.63, 3.8) is 0 Å². The molecule has 0 fully saturated rings. The first kappa shape index (κ1) is 51.5. The number of aliphatic hydroxyl groups excluding tert-OH is 2. The van der Waals surface area contributed by atoms with Crippen LogP contribution < -0.4 is 31.8 Å². The van der Waals surface area contributed by atoms with Crippen molar-refractivity contribution >= 4 is 66.7 Å². The Labute approximate surface area is 354 Å². The molecule has 0 aromatic heterocycles. The molecular weight excluding hydrogens is 1000 g/mol. The Kier molecular flexibility index (Phi) is 26.5. The van der Waals surface area contributed by atoms with E-state index in [4.69, 9.17) is 20.4 Å². The first-order chi connectivity index (χ1) is 26.8. The number of hydrogen-bond acceptors (Lipinski definition) is 4. The van der Waals surface area contributed by atoms with Crippen molar-refractivity contribution in [3.05, 3.63) is 182 Å². The third-order valence-corrected chi connectivity index (χ3v) is 12.1. The van der Waals surface area contributed by atoms with Gasteiger partial charge in [0, 0.05) is 0 Å². The molecule has 0 unspecified atom stereocenters. The molecule has 0 amide bonds. The van der Waals surface area contributed by atoms with E-state index in [-0.39, 0.29) is 0 Å². The average molecular weight is 1040 g/mol. The first-order valence-corrected chi connectivity index (χ1v) is 22.8. The summed E-state index contributed by atoms with van der Waals surface area (Å²) >= 11 is 4.44. The fourth-order valence-corrected chi connectivity index (χ4v) is 9.47. The predicted molar refractivity (Wildman–Crippen MR) is 211 cm³/mol. The summed E-state index contributed by atoms with van der Waals surface area (Å²) in [5.41, 5.74) is 0. The summed E-state index contributed by atoms with van der Waals surface area (Å²) < 4.78 is 64.1. The van der Waals surface area contributed by atoms with Gasteiger partial charge in [-0.05, 0) is 59.1 Å². The molecular formula is C40H36Cl2F6O4P2Pd2+2. The first-order valence-electron chi connectivity index (χ1n) is 15.8. The number of hydrogen-bond donors (Lipinski definition) is 4. The minimum absolute atomic E-state index is 0.933. The van der Waals surface area contributed by atoms with Gasteiger partial charge in [0.15, 0.2) is 0 Å². The zero-order valence-electron chi connectivity index (χ0n) is 28.8. The van der Waals surface area contributed by atoms with Crippen LogP contribution in [0.3, 0.4) is 0 Å². The molecule has 16 heteroatoms. The predicted octanol–water partition coefficient (Wildman–Crippen LogP) is 7.05. The van der Waals surface area contributed by atoms with Crippen molar-refractivity contribution in [2.45, 2.75) is 24.9 Å². The molecule has 56 heavy (non-hydrogen) atoms. The van der Waals surface area contributed by atoms with Crippen molar-refractivity contribution in [2.75, 3.05) is 0 Å². The normalized spacial score (nSPS) is 10.6. The van der Waals surface area contributed by atoms with Crippen molar-refractivity contribution in [2.24, 2.45) is 0 Å². The van der Waals surface area contributed by atoms with E-state index < -0.39 is 40.8 Å². The van der Waals surface area contributed by atoms with E-state index in [2.05, 4.69) is 213 Å². The largest absolute Gasteiger partial charge is 0.173 e. The molecule has 0 spiro atoms. The number of alkyl halides is 6. The van der Waals surface area contributed by atoms with Gasteiger partial charge in [-0.2, -0.15) is 62.7 Å². The molecule has 304 valence electrons. The summed E-state index contributed by atoms with van der Waals surface area (Å²) in [6.07, 6.45) is -16.2. The average Bonchev–Trinajstić information content (AvgIpc) is 3.22. The van der Waals surface area contributed by atoms with Gasteiger partial charge in [0.2, 0.25) is 0 Å². The molecule has 0 radical (unpaired) electrons. The van der Waals surface area contributed by atoms with Gasteiger partial charge in [0.25, 0.3) is 12.6 Å². The van der Waals surface area contributed by atoms with E-state index in [0.29, 0.717) is 0 Å². The smallest absolute Gasteiger partial charge is 0.0996 e. The quantitative estimate of drug-likeness (QED) is 0.0475. The minimum Gasteiger partial charge on any atom is -0.173 e. The van der Waals surface area contributed by atoms with Gasteiger partial charge in [-0.1, -0.05) is 72.8 Å². The van der Waals surface area contributed by atoms with E-state index in [9.17, 15) is 26.3 Å². The van der Waals surface area contributed by atoms with Crippen molar-refractivity contribution < 1.29 is 83.1 Å². The van der Waals surface area contributed by atoms with Crippen LogP contribution in [0.25, 0.3) is 0 Å². The monoisotopic (exact) mass is 1040 g/mol. The fourth-order valence-electron chi connectivity index (χ4n) is 4.47. The molecule has 0 atom stereocenters. The van der Waals surface area contributed by atoms with E-state index >= 15 is 0 Å². The van der Waals surface area contributed by atoms with Gasteiger partial charge in [-0.25, -0.2) is 0 Å². The number of rotatable bonds is 6. The molecule has 4 N–H and O–H groups in total. The second-order valence-electron chi connectivity index (χ2n) is 10.6. The maximum absolute atomic E-state index is 10.7. The standard InChI is InChI=1S/2C18H14P.2C2H3F3O2.2ClH.2Pd/c2*1-4-10-16(11-5-1)19(17-12-6-2-7-13-17)18-14-8-3-9-15-18;2*3-2(4,5)1(6)7;;;;/h2*1-14H;2*1,6-7H;2*1H;;/q2*-1;;;;;2*+2. The van der Waals surface area contributed by atoms with Crippen LogP contribution in [0.15, 0.2) is 170 Å². The van der Waals surface area contributed by atoms with E-state index in [1.54, 1.807) is 0 Å². The van der Waals surface area contributed by atoms with Crippen LogP contribution in [-0.4, -0.2) is 45.4 Å². The Balaban J connectivity index is 0.000000397. The van der Waals surface area contributed by atoms with Crippen LogP contribution in [0, 0.1) is 12.1 Å². The van der Waals surface area contributed by atoms with Crippen molar-refractivity contribution in [3.8, 4) is 0 Å². The molecule has 4 nitrogen and oxygen atoms in total. The van der Waals surface area contributed by atoms with Gasteiger partial charge >= 0.3 is 67.8 Å². The Hall–Kier alpha value is -2.50. The Morgan fingerprint density at radius 2 is 0.589 bits per heavy atom. The van der Waals surface area contributed by atoms with Gasteiger partial charge in [-0.3, -0.25) is 0 Å². The van der Waals surface area contributed by atoms with Crippen LogP contribution in [0.2, 0.25) is 0 Å². The Bertz CT molecular complexity index is 1500. The van der Waals surface area contributed by atoms with Crippen LogP contribution >= 0.6 is 34.9 Å². The summed E-state index contributed by atoms with van der Waals surface area (Å²) in [6.45, 7) is 0. The third-order valence-electron chi connectivity index (χ3n) is 6.79. The van der Waals surface area contributed by atoms with Gasteiger partial charge in [0.1, 0.15) is 0 Å². The third kappa shape index (κ3) is 19.8. The number of aliphatic hydroxyl groups is 4. The fraction of sp³-hybridized carbons (Fsp3) is 0.100. The molecule has 0 aliphatic carbocycles. The molecule has 0 aliphatic heterocycles. The van der Waals surface area contributed by atoms with Crippen LogP contribution in [0.1, 0.15) is 0 Å². The van der Waals surface area contributed by atoms with E-state index in [1.807, 2.05) is 24.3 Å². The van der Waals surface area contributed by atoms with Crippen molar-refractivity contribution in [1.82, 2.24) is 0 Å². The maximum Gasteiger partial charge on any atom is 0.0996 e. The van der Waals surface area contributed by atoms with Gasteiger partial charge in [-0.15, -0.1) is 24.3 Å². The van der Waals surface area contributed by atoms with Crippen LogP contribution in [0.4, 0.5) is 26.3 Å². The van der Waals surface area contributed by atoms with E-state index in [1.165, 1.54) is 31.8 Å². The van der Waals surface area contributed by atoms with Crippen molar-refractivity contribution in [1.29, 1.82) is 0 Å². The zero-order chi connectivity index (χ0) is 42.0. The number of halogens is 8. The number of benzene rings is 6. The SMILES string of the molecule is OC(O)C(F)(F)F.OC(O)C(F)(F)F.[Cl][Pd+].[Cl][Pd+].[c-]1ccccc1[PH+](c1ccccc1)c1ccccc1.[c-]1ccccc1[PH+](c1ccccc1)c1ccccc1. The van der Waals surface area contributed by atoms with Gasteiger partial charge in [0.05, 0.1) is 37.1 Å². The molecule has 0 aliphatic rings.